The van der Waals surface area contributed by atoms with Crippen molar-refractivity contribution in [1.29, 1.82) is 0 Å². The van der Waals surface area contributed by atoms with E-state index in [9.17, 15) is 9.59 Å². The summed E-state index contributed by atoms with van der Waals surface area (Å²) in [6.07, 6.45) is 2.19. The Morgan fingerprint density at radius 3 is 2.61 bits per heavy atom. The van der Waals surface area contributed by atoms with Gasteiger partial charge in [-0.1, -0.05) is 17.7 Å². The minimum Gasteiger partial charge on any atom is -0.453 e. The molecule has 3 aromatic rings. The molecule has 6 nitrogen and oxygen atoms in total. The van der Waals surface area contributed by atoms with Crippen molar-refractivity contribution in [3.8, 4) is 5.75 Å². The van der Waals surface area contributed by atoms with Crippen LogP contribution in [0, 0.1) is 20.8 Å². The number of rotatable bonds is 4. The summed E-state index contributed by atoms with van der Waals surface area (Å²) in [5, 5.41) is 6.81. The van der Waals surface area contributed by atoms with Crippen LogP contribution in [0.1, 0.15) is 61.1 Å². The summed E-state index contributed by atoms with van der Waals surface area (Å²) in [4.78, 5) is 25.6. The molecule has 1 aromatic carbocycles. The molecule has 0 unspecified atom stereocenters. The number of carbonyl (C=O) groups is 2. The fourth-order valence-corrected chi connectivity index (χ4v) is 4.40. The number of aryl methyl sites for hydroxylation is 3. The Morgan fingerprint density at radius 1 is 1.19 bits per heavy atom. The zero-order chi connectivity index (χ0) is 22.1. The van der Waals surface area contributed by atoms with Crippen molar-refractivity contribution in [1.82, 2.24) is 5.43 Å². The van der Waals surface area contributed by atoms with Crippen LogP contribution in [0.2, 0.25) is 5.02 Å². The van der Waals surface area contributed by atoms with Crippen LogP contribution in [0.5, 0.6) is 5.75 Å². The van der Waals surface area contributed by atoms with Crippen LogP contribution in [0.3, 0.4) is 0 Å². The molecule has 0 fully saturated rings. The minimum absolute atomic E-state index is 0.148. The Labute approximate surface area is 188 Å². The number of amides is 1. The summed E-state index contributed by atoms with van der Waals surface area (Å²) in [5.74, 6) is 0.409. The van der Waals surface area contributed by atoms with E-state index < -0.39 is 5.97 Å². The van der Waals surface area contributed by atoms with Gasteiger partial charge in [-0.3, -0.25) is 4.79 Å². The first kappa shape index (κ1) is 21.3. The maximum Gasteiger partial charge on any atom is 0.379 e. The fraction of sp³-hybridized carbons (Fsp3) is 0.261. The van der Waals surface area contributed by atoms with Crippen LogP contribution < -0.4 is 10.2 Å². The molecule has 0 spiro atoms. The molecule has 1 N–H and O–H groups in total. The lowest BCUT2D eigenvalue weighted by molar-refractivity contribution is 0.0698. The third kappa shape index (κ3) is 4.29. The van der Waals surface area contributed by atoms with Gasteiger partial charge in [0.25, 0.3) is 5.91 Å². The number of halogens is 1. The highest BCUT2D eigenvalue weighted by atomic mass is 35.5. The molecular formula is C23H21ClN2O4S. The Balaban J connectivity index is 1.58. The van der Waals surface area contributed by atoms with Gasteiger partial charge in [-0.2, -0.15) is 5.10 Å². The molecule has 31 heavy (non-hydrogen) atoms. The monoisotopic (exact) mass is 456 g/mol. The van der Waals surface area contributed by atoms with E-state index in [1.165, 1.54) is 11.3 Å². The number of nitrogens with one attached hydrogen (secondary N) is 1. The third-order valence-electron chi connectivity index (χ3n) is 5.17. The van der Waals surface area contributed by atoms with E-state index in [-0.39, 0.29) is 11.7 Å². The number of thiophene rings is 1. The van der Waals surface area contributed by atoms with Gasteiger partial charge in [0.2, 0.25) is 5.76 Å². The zero-order valence-electron chi connectivity index (χ0n) is 17.4. The van der Waals surface area contributed by atoms with Crippen LogP contribution in [0.15, 0.2) is 39.2 Å². The molecule has 0 radical (unpaired) electrons. The molecule has 160 valence electrons. The number of nitrogens with zero attached hydrogens (tertiary/aromatic N) is 1. The van der Waals surface area contributed by atoms with Crippen molar-refractivity contribution in [3.05, 3.63) is 73.3 Å². The second-order valence-electron chi connectivity index (χ2n) is 7.45. The number of carbonyl (C=O) groups excluding carboxylic acids is 2. The Hall–Kier alpha value is -2.90. The van der Waals surface area contributed by atoms with E-state index in [0.717, 1.165) is 23.1 Å². The Morgan fingerprint density at radius 2 is 1.94 bits per heavy atom. The number of hydrogen-bond acceptors (Lipinski definition) is 6. The van der Waals surface area contributed by atoms with E-state index in [1.807, 2.05) is 25.3 Å². The van der Waals surface area contributed by atoms with E-state index in [1.54, 1.807) is 25.1 Å². The fourth-order valence-electron chi connectivity index (χ4n) is 3.67. The first-order valence-corrected chi connectivity index (χ1v) is 11.1. The highest BCUT2D eigenvalue weighted by Crippen LogP contribution is 2.31. The van der Waals surface area contributed by atoms with Gasteiger partial charge >= 0.3 is 5.97 Å². The molecule has 0 saturated heterocycles. The summed E-state index contributed by atoms with van der Waals surface area (Å²) < 4.78 is 11.4. The SMILES string of the molecule is Cc1cc(OC(=O)c2oc3c(c2C)/C(=N/NC(=O)c2cccs2)CCC3)cc(C)c1Cl. The molecule has 4 rings (SSSR count). The predicted octanol–water partition coefficient (Wildman–Crippen LogP) is 5.61. The highest BCUT2D eigenvalue weighted by Gasteiger charge is 2.29. The molecule has 0 atom stereocenters. The predicted molar refractivity (Wildman–Crippen MR) is 121 cm³/mol. The van der Waals surface area contributed by atoms with E-state index >= 15 is 0 Å². The molecule has 0 aliphatic heterocycles. The van der Waals surface area contributed by atoms with Gasteiger partial charge in [-0.05, 0) is 68.3 Å². The van der Waals surface area contributed by atoms with Crippen LogP contribution >= 0.6 is 22.9 Å². The molecular weight excluding hydrogens is 436 g/mol. The van der Waals surface area contributed by atoms with Gasteiger partial charge in [0.1, 0.15) is 11.5 Å². The maximum atomic E-state index is 12.8. The van der Waals surface area contributed by atoms with Crippen molar-refractivity contribution in [2.45, 2.75) is 40.0 Å². The maximum absolute atomic E-state index is 12.8. The number of benzene rings is 1. The summed E-state index contributed by atoms with van der Waals surface area (Å²) in [7, 11) is 0. The summed E-state index contributed by atoms with van der Waals surface area (Å²) >= 11 is 7.54. The zero-order valence-corrected chi connectivity index (χ0v) is 18.9. The molecule has 2 aromatic heterocycles. The first-order chi connectivity index (χ1) is 14.8. The lowest BCUT2D eigenvalue weighted by atomic mass is 9.93. The molecule has 0 bridgehead atoms. The number of hydrogen-bond donors (Lipinski definition) is 1. The smallest absolute Gasteiger partial charge is 0.379 e. The van der Waals surface area contributed by atoms with Crippen LogP contribution in [0.4, 0.5) is 0 Å². The van der Waals surface area contributed by atoms with Crippen molar-refractivity contribution in [2.24, 2.45) is 5.10 Å². The first-order valence-electron chi connectivity index (χ1n) is 9.87. The quantitative estimate of drug-likeness (QED) is 0.314. The summed E-state index contributed by atoms with van der Waals surface area (Å²) in [6, 6.07) is 6.99. The van der Waals surface area contributed by atoms with Crippen molar-refractivity contribution < 1.29 is 18.7 Å². The molecule has 2 heterocycles. The minimum atomic E-state index is -0.574. The number of fused-ring (bicyclic) bond motifs is 1. The largest absolute Gasteiger partial charge is 0.453 e. The Bertz CT molecular complexity index is 1170. The average Bonchev–Trinajstić information content (AvgIpc) is 3.39. The standard InChI is InChI=1S/C23H21ClN2O4S/c1-12-10-15(11-13(2)20(12)24)29-23(28)21-14(3)19-16(6-4-7-17(19)30-21)25-26-22(27)18-8-5-9-31-18/h5,8-11H,4,6-7H2,1-3H3,(H,26,27)/b25-16+. The van der Waals surface area contributed by atoms with E-state index in [0.29, 0.717) is 45.5 Å². The Kier molecular flexibility index (Phi) is 5.98. The van der Waals surface area contributed by atoms with Gasteiger partial charge in [0.05, 0.1) is 10.6 Å². The number of hydrazone groups is 1. The number of furan rings is 1. The van der Waals surface area contributed by atoms with Crippen LogP contribution in [-0.2, 0) is 6.42 Å². The lowest BCUT2D eigenvalue weighted by Crippen LogP contribution is -2.21. The van der Waals surface area contributed by atoms with Crippen LogP contribution in [-0.4, -0.2) is 17.6 Å². The highest BCUT2D eigenvalue weighted by molar-refractivity contribution is 7.12. The normalized spacial score (nSPS) is 14.4. The number of esters is 1. The topological polar surface area (TPSA) is 80.9 Å². The third-order valence-corrected chi connectivity index (χ3v) is 6.63. The van der Waals surface area contributed by atoms with Gasteiger partial charge in [0.15, 0.2) is 0 Å². The molecule has 1 aliphatic carbocycles. The second-order valence-corrected chi connectivity index (χ2v) is 8.77. The summed E-state index contributed by atoms with van der Waals surface area (Å²) in [6.45, 7) is 5.52. The van der Waals surface area contributed by atoms with Crippen molar-refractivity contribution in [3.63, 3.8) is 0 Å². The van der Waals surface area contributed by atoms with Crippen molar-refractivity contribution in [2.75, 3.05) is 0 Å². The van der Waals surface area contributed by atoms with Gasteiger partial charge in [0, 0.05) is 22.6 Å². The molecule has 8 heteroatoms. The van der Waals surface area contributed by atoms with Gasteiger partial charge in [-0.25, -0.2) is 10.2 Å². The number of ether oxygens (including phenoxy) is 1. The van der Waals surface area contributed by atoms with Gasteiger partial charge < -0.3 is 9.15 Å². The van der Waals surface area contributed by atoms with E-state index in [4.69, 9.17) is 20.8 Å². The second kappa shape index (κ2) is 8.69. The van der Waals surface area contributed by atoms with Crippen LogP contribution in [0.25, 0.3) is 0 Å². The lowest BCUT2D eigenvalue weighted by Gasteiger charge is -2.13. The van der Waals surface area contributed by atoms with Crippen molar-refractivity contribution >= 4 is 40.5 Å². The van der Waals surface area contributed by atoms with Gasteiger partial charge in [-0.15, -0.1) is 11.3 Å². The average molecular weight is 457 g/mol. The molecule has 1 amide bonds. The molecule has 0 saturated carbocycles. The summed E-state index contributed by atoms with van der Waals surface area (Å²) in [5.41, 5.74) is 6.40. The van der Waals surface area contributed by atoms with E-state index in [2.05, 4.69) is 10.5 Å². The molecule has 1 aliphatic rings.